The van der Waals surface area contributed by atoms with E-state index < -0.39 is 5.97 Å². The van der Waals surface area contributed by atoms with Gasteiger partial charge < -0.3 is 10.0 Å². The summed E-state index contributed by atoms with van der Waals surface area (Å²) in [6, 6.07) is 9.67. The molecule has 0 aromatic heterocycles. The predicted octanol–water partition coefficient (Wildman–Crippen LogP) is 2.37. The summed E-state index contributed by atoms with van der Waals surface area (Å²) in [7, 11) is 1.96. The van der Waals surface area contributed by atoms with E-state index in [9.17, 15) is 9.59 Å². The van der Waals surface area contributed by atoms with Gasteiger partial charge in [0.15, 0.2) is 0 Å². The van der Waals surface area contributed by atoms with Gasteiger partial charge in [0.1, 0.15) is 0 Å². The molecule has 0 spiro atoms. The van der Waals surface area contributed by atoms with E-state index in [0.29, 0.717) is 6.42 Å². The highest BCUT2D eigenvalue weighted by molar-refractivity contribution is 5.97. The Labute approximate surface area is 131 Å². The number of aliphatic carboxylic acids is 1. The molecule has 1 aliphatic heterocycles. The van der Waals surface area contributed by atoms with Gasteiger partial charge in [0.25, 0.3) is 0 Å². The van der Waals surface area contributed by atoms with Crippen LogP contribution in [0.1, 0.15) is 32.1 Å². The van der Waals surface area contributed by atoms with E-state index in [1.54, 1.807) is 0 Å². The van der Waals surface area contributed by atoms with Crippen LogP contribution in [0.25, 0.3) is 0 Å². The molecule has 1 saturated heterocycles. The number of hydrogen-bond donors (Lipinski definition) is 1. The average Bonchev–Trinajstić information content (AvgIpc) is 2.52. The Hall–Kier alpha value is -1.88. The lowest BCUT2D eigenvalue weighted by atomic mass is 10.0. The van der Waals surface area contributed by atoms with Gasteiger partial charge in [-0.3, -0.25) is 14.5 Å². The van der Waals surface area contributed by atoms with E-state index >= 15 is 0 Å². The molecular formula is C17H24N2O3. The normalized spacial score (nSPS) is 18.7. The first-order chi connectivity index (χ1) is 10.6. The molecule has 1 aromatic rings. The van der Waals surface area contributed by atoms with Crippen molar-refractivity contribution in [3.63, 3.8) is 0 Å². The zero-order valence-electron chi connectivity index (χ0n) is 13.1. The van der Waals surface area contributed by atoms with Crippen LogP contribution >= 0.6 is 0 Å². The van der Waals surface area contributed by atoms with Crippen LogP contribution in [0, 0.1) is 0 Å². The number of nitrogens with zero attached hydrogens (tertiary/aromatic N) is 2. The van der Waals surface area contributed by atoms with Crippen LogP contribution in [0.3, 0.4) is 0 Å². The SMILES string of the molecule is CN(CCCCC(=O)O)C1CCCN(c2ccccc2)C1=O. The standard InChI is InChI=1S/C17H24N2O3/c1-18(12-6-5-11-16(20)21)15-10-7-13-19(17(15)22)14-8-3-2-4-9-14/h2-4,8-9,15H,5-7,10-13H2,1H3,(H,20,21). The molecular weight excluding hydrogens is 280 g/mol. The summed E-state index contributed by atoms with van der Waals surface area (Å²) in [5.41, 5.74) is 0.955. The molecule has 22 heavy (non-hydrogen) atoms. The number of piperidine rings is 1. The minimum Gasteiger partial charge on any atom is -0.481 e. The van der Waals surface area contributed by atoms with Gasteiger partial charge in [-0.25, -0.2) is 0 Å². The van der Waals surface area contributed by atoms with Gasteiger partial charge >= 0.3 is 5.97 Å². The monoisotopic (exact) mass is 304 g/mol. The number of carbonyl (C=O) groups is 2. The minimum absolute atomic E-state index is 0.0983. The highest BCUT2D eigenvalue weighted by atomic mass is 16.4. The fourth-order valence-electron chi connectivity index (χ4n) is 2.92. The number of carboxylic acid groups (broad SMARTS) is 1. The highest BCUT2D eigenvalue weighted by Crippen LogP contribution is 2.23. The van der Waals surface area contributed by atoms with Crippen molar-refractivity contribution in [2.24, 2.45) is 0 Å². The zero-order chi connectivity index (χ0) is 15.9. The average molecular weight is 304 g/mol. The molecule has 1 unspecified atom stereocenters. The maximum atomic E-state index is 12.7. The molecule has 1 fully saturated rings. The van der Waals surface area contributed by atoms with Gasteiger partial charge in [0, 0.05) is 18.7 Å². The van der Waals surface area contributed by atoms with E-state index in [-0.39, 0.29) is 18.4 Å². The van der Waals surface area contributed by atoms with E-state index in [0.717, 1.165) is 38.0 Å². The lowest BCUT2D eigenvalue weighted by molar-refractivity contribution is -0.137. The summed E-state index contributed by atoms with van der Waals surface area (Å²) in [6.45, 7) is 1.53. The van der Waals surface area contributed by atoms with Crippen molar-refractivity contribution in [2.45, 2.75) is 38.1 Å². The smallest absolute Gasteiger partial charge is 0.303 e. The van der Waals surface area contributed by atoms with Crippen LogP contribution in [-0.4, -0.2) is 48.1 Å². The largest absolute Gasteiger partial charge is 0.481 e. The molecule has 2 rings (SSSR count). The third-order valence-electron chi connectivity index (χ3n) is 4.16. The van der Waals surface area contributed by atoms with Crippen molar-refractivity contribution in [1.29, 1.82) is 0 Å². The van der Waals surface area contributed by atoms with Crippen molar-refractivity contribution in [3.05, 3.63) is 30.3 Å². The maximum Gasteiger partial charge on any atom is 0.303 e. The van der Waals surface area contributed by atoms with Crippen LogP contribution in [0.2, 0.25) is 0 Å². The van der Waals surface area contributed by atoms with Crippen molar-refractivity contribution >= 4 is 17.6 Å². The van der Waals surface area contributed by atoms with Gasteiger partial charge in [-0.2, -0.15) is 0 Å². The Morgan fingerprint density at radius 3 is 2.73 bits per heavy atom. The van der Waals surface area contributed by atoms with E-state index in [1.807, 2.05) is 42.3 Å². The Bertz CT molecular complexity index is 504. The van der Waals surface area contributed by atoms with Crippen molar-refractivity contribution < 1.29 is 14.7 Å². The third kappa shape index (κ3) is 4.31. The van der Waals surface area contributed by atoms with E-state index in [2.05, 4.69) is 4.90 Å². The van der Waals surface area contributed by atoms with E-state index in [4.69, 9.17) is 5.11 Å². The molecule has 1 amide bonds. The van der Waals surface area contributed by atoms with Gasteiger partial charge in [0.2, 0.25) is 5.91 Å². The molecule has 1 aromatic carbocycles. The van der Waals surface area contributed by atoms with Crippen LogP contribution in [0.5, 0.6) is 0 Å². The Morgan fingerprint density at radius 1 is 1.32 bits per heavy atom. The number of unbranched alkanes of at least 4 members (excludes halogenated alkanes) is 1. The molecule has 5 heteroatoms. The first kappa shape index (κ1) is 16.5. The van der Waals surface area contributed by atoms with Crippen LogP contribution in [0.15, 0.2) is 30.3 Å². The first-order valence-electron chi connectivity index (χ1n) is 7.88. The second-order valence-corrected chi connectivity index (χ2v) is 5.81. The third-order valence-corrected chi connectivity index (χ3v) is 4.16. The first-order valence-corrected chi connectivity index (χ1v) is 7.88. The number of anilines is 1. The van der Waals surface area contributed by atoms with E-state index in [1.165, 1.54) is 0 Å². The van der Waals surface area contributed by atoms with Gasteiger partial charge in [0.05, 0.1) is 6.04 Å². The molecule has 1 heterocycles. The van der Waals surface area contributed by atoms with Crippen LogP contribution in [0.4, 0.5) is 5.69 Å². The molecule has 5 nitrogen and oxygen atoms in total. The molecule has 120 valence electrons. The molecule has 0 saturated carbocycles. The summed E-state index contributed by atoms with van der Waals surface area (Å²) in [5, 5.41) is 8.66. The van der Waals surface area contributed by atoms with Crippen LogP contribution in [-0.2, 0) is 9.59 Å². The number of para-hydroxylation sites is 1. The Balaban J connectivity index is 1.90. The second kappa shape index (κ2) is 7.94. The molecule has 1 atom stereocenters. The minimum atomic E-state index is -0.758. The van der Waals surface area contributed by atoms with Gasteiger partial charge in [-0.15, -0.1) is 0 Å². The van der Waals surface area contributed by atoms with Gasteiger partial charge in [-0.1, -0.05) is 18.2 Å². The summed E-state index contributed by atoms with van der Waals surface area (Å²) < 4.78 is 0. The summed E-state index contributed by atoms with van der Waals surface area (Å²) in [4.78, 5) is 27.2. The highest BCUT2D eigenvalue weighted by Gasteiger charge is 2.31. The Morgan fingerprint density at radius 2 is 2.05 bits per heavy atom. The van der Waals surface area contributed by atoms with Gasteiger partial charge in [-0.05, 0) is 51.4 Å². The molecule has 0 radical (unpaired) electrons. The summed E-state index contributed by atoms with van der Waals surface area (Å²) >= 11 is 0. The number of rotatable bonds is 7. The summed E-state index contributed by atoms with van der Waals surface area (Å²) in [6.07, 6.45) is 3.52. The quantitative estimate of drug-likeness (QED) is 0.786. The lowest BCUT2D eigenvalue weighted by Gasteiger charge is -2.36. The lowest BCUT2D eigenvalue weighted by Crippen LogP contribution is -2.51. The number of benzene rings is 1. The fourth-order valence-corrected chi connectivity index (χ4v) is 2.92. The summed E-state index contributed by atoms with van der Waals surface area (Å²) in [5.74, 6) is -0.607. The number of likely N-dealkylation sites (N-methyl/N-ethyl adjacent to an activating group) is 1. The number of amides is 1. The second-order valence-electron chi connectivity index (χ2n) is 5.81. The predicted molar refractivity (Wildman–Crippen MR) is 85.9 cm³/mol. The fraction of sp³-hybridized carbons (Fsp3) is 0.529. The van der Waals surface area contributed by atoms with Crippen molar-refractivity contribution in [3.8, 4) is 0 Å². The number of carbonyl (C=O) groups excluding carboxylic acids is 1. The zero-order valence-corrected chi connectivity index (χ0v) is 13.1. The number of carboxylic acids is 1. The van der Waals surface area contributed by atoms with Crippen molar-refractivity contribution in [2.75, 3.05) is 25.0 Å². The Kier molecular flexibility index (Phi) is 5.95. The topological polar surface area (TPSA) is 60.9 Å². The molecule has 1 aliphatic rings. The van der Waals surface area contributed by atoms with Crippen molar-refractivity contribution in [1.82, 2.24) is 4.90 Å². The molecule has 1 N–H and O–H groups in total. The van der Waals surface area contributed by atoms with Crippen LogP contribution < -0.4 is 4.90 Å². The number of hydrogen-bond acceptors (Lipinski definition) is 3. The maximum absolute atomic E-state index is 12.7. The molecule has 0 aliphatic carbocycles. The molecule has 0 bridgehead atoms.